The summed E-state index contributed by atoms with van der Waals surface area (Å²) in [7, 11) is 0. The lowest BCUT2D eigenvalue weighted by atomic mass is 10.0. The van der Waals surface area contributed by atoms with E-state index in [0.29, 0.717) is 17.9 Å². The van der Waals surface area contributed by atoms with E-state index in [9.17, 15) is 4.79 Å². The summed E-state index contributed by atoms with van der Waals surface area (Å²) in [5.41, 5.74) is 7.62. The molecule has 5 heteroatoms. The third-order valence-corrected chi connectivity index (χ3v) is 5.26. The molecule has 2 N–H and O–H groups in total. The van der Waals surface area contributed by atoms with E-state index in [0.717, 1.165) is 32.5 Å². The molecule has 4 nitrogen and oxygen atoms in total. The lowest BCUT2D eigenvalue weighted by Crippen LogP contribution is -2.10. The maximum Gasteiger partial charge on any atom is 0.344 e. The molecular formula is C22H18N2O2S. The third kappa shape index (κ3) is 3.65. The fourth-order valence-corrected chi connectivity index (χ4v) is 3.68. The molecule has 4 rings (SSSR count). The number of esters is 1. The summed E-state index contributed by atoms with van der Waals surface area (Å²) in [6, 6.07) is 22.7. The zero-order valence-electron chi connectivity index (χ0n) is 14.6. The predicted molar refractivity (Wildman–Crippen MR) is 110 cm³/mol. The van der Waals surface area contributed by atoms with Crippen molar-refractivity contribution in [2.45, 2.75) is 4.90 Å². The van der Waals surface area contributed by atoms with Crippen LogP contribution >= 0.6 is 11.8 Å². The van der Waals surface area contributed by atoms with Crippen LogP contribution < -0.4 is 10.5 Å². The molecule has 1 heterocycles. The maximum absolute atomic E-state index is 13.0. The van der Waals surface area contributed by atoms with E-state index >= 15 is 0 Å². The second kappa shape index (κ2) is 7.78. The molecule has 0 spiro atoms. The van der Waals surface area contributed by atoms with Crippen LogP contribution in [-0.4, -0.2) is 23.3 Å². The zero-order valence-corrected chi connectivity index (χ0v) is 15.4. The zero-order chi connectivity index (χ0) is 18.6. The highest BCUT2D eigenvalue weighted by Crippen LogP contribution is 2.28. The topological polar surface area (TPSA) is 65.2 Å². The summed E-state index contributed by atoms with van der Waals surface area (Å²) >= 11 is 1.67. The number of nitrogens with two attached hydrogens (primary N) is 1. The average molecular weight is 374 g/mol. The van der Waals surface area contributed by atoms with Gasteiger partial charge in [0.1, 0.15) is 5.75 Å². The molecule has 0 aliphatic heterocycles. The second-order valence-electron chi connectivity index (χ2n) is 6.02. The van der Waals surface area contributed by atoms with Gasteiger partial charge in [0.05, 0.1) is 16.6 Å². The molecule has 0 fully saturated rings. The number of nitrogens with zero attached hydrogens (tertiary/aromatic N) is 1. The number of para-hydroxylation sites is 2. The van der Waals surface area contributed by atoms with Gasteiger partial charge in [0, 0.05) is 28.0 Å². The molecule has 3 aromatic carbocycles. The Labute approximate surface area is 161 Å². The molecule has 0 radical (unpaired) electrons. The average Bonchev–Trinajstić information content (AvgIpc) is 2.71. The number of carbonyl (C=O) groups is 1. The smallest absolute Gasteiger partial charge is 0.344 e. The number of pyridine rings is 1. The van der Waals surface area contributed by atoms with Crippen molar-refractivity contribution >= 4 is 39.5 Å². The Morgan fingerprint density at radius 2 is 1.48 bits per heavy atom. The number of ether oxygens (including phenoxy) is 1. The number of fused-ring (bicyclic) bond motifs is 2. The van der Waals surface area contributed by atoms with E-state index in [1.165, 1.54) is 0 Å². The molecule has 0 saturated carbocycles. The monoisotopic (exact) mass is 374 g/mol. The SMILES string of the molecule is NCCSc1ccc(OC(=O)c2c3ccccc3nc3ccccc23)cc1. The highest BCUT2D eigenvalue weighted by Gasteiger charge is 2.17. The van der Waals surface area contributed by atoms with Crippen LogP contribution in [0.4, 0.5) is 0 Å². The van der Waals surface area contributed by atoms with Gasteiger partial charge in [-0.25, -0.2) is 9.78 Å². The normalized spacial score (nSPS) is 11.0. The predicted octanol–water partition coefficient (Wildman–Crippen LogP) is 4.66. The number of hydrogen-bond donors (Lipinski definition) is 1. The molecule has 0 saturated heterocycles. The Hall–Kier alpha value is -2.89. The van der Waals surface area contributed by atoms with Crippen molar-refractivity contribution in [1.82, 2.24) is 4.98 Å². The van der Waals surface area contributed by atoms with Crippen molar-refractivity contribution in [3.63, 3.8) is 0 Å². The van der Waals surface area contributed by atoms with E-state index in [-0.39, 0.29) is 5.97 Å². The first-order chi connectivity index (χ1) is 13.3. The number of hydrogen-bond acceptors (Lipinski definition) is 5. The van der Waals surface area contributed by atoms with Gasteiger partial charge < -0.3 is 10.5 Å². The van der Waals surface area contributed by atoms with E-state index in [2.05, 4.69) is 4.98 Å². The Bertz CT molecular complexity index is 1060. The Morgan fingerprint density at radius 1 is 0.889 bits per heavy atom. The standard InChI is InChI=1S/C22H18N2O2S/c23-13-14-27-16-11-9-15(10-12-16)26-22(25)21-17-5-1-3-7-19(17)24-20-8-4-2-6-18(20)21/h1-12H,13-14,23H2. The van der Waals surface area contributed by atoms with Crippen LogP contribution in [0.15, 0.2) is 77.7 Å². The molecule has 0 bridgehead atoms. The highest BCUT2D eigenvalue weighted by atomic mass is 32.2. The molecule has 27 heavy (non-hydrogen) atoms. The molecular weight excluding hydrogens is 356 g/mol. The quantitative estimate of drug-likeness (QED) is 0.238. The van der Waals surface area contributed by atoms with Gasteiger partial charge in [-0.3, -0.25) is 0 Å². The van der Waals surface area contributed by atoms with E-state index in [4.69, 9.17) is 10.5 Å². The number of thioether (sulfide) groups is 1. The van der Waals surface area contributed by atoms with Gasteiger partial charge in [-0.2, -0.15) is 0 Å². The molecule has 1 aromatic heterocycles. The van der Waals surface area contributed by atoms with Gasteiger partial charge in [0.15, 0.2) is 0 Å². The van der Waals surface area contributed by atoms with Crippen LogP contribution in [-0.2, 0) is 0 Å². The number of benzene rings is 3. The van der Waals surface area contributed by atoms with E-state index in [1.54, 1.807) is 11.8 Å². The summed E-state index contributed by atoms with van der Waals surface area (Å²) in [5.74, 6) is 0.989. The fourth-order valence-electron chi connectivity index (χ4n) is 3.00. The van der Waals surface area contributed by atoms with Crippen molar-refractivity contribution in [2.24, 2.45) is 5.73 Å². The number of rotatable bonds is 5. The third-order valence-electron chi connectivity index (χ3n) is 4.21. The van der Waals surface area contributed by atoms with Crippen LogP contribution in [0.3, 0.4) is 0 Å². The Kier molecular flexibility index (Phi) is 5.05. The minimum atomic E-state index is -0.382. The number of carbonyl (C=O) groups excluding carboxylic acids is 1. The van der Waals surface area contributed by atoms with Crippen molar-refractivity contribution in [1.29, 1.82) is 0 Å². The molecule has 134 valence electrons. The summed E-state index contributed by atoms with van der Waals surface area (Å²) in [6.45, 7) is 0.629. The second-order valence-corrected chi connectivity index (χ2v) is 7.19. The highest BCUT2D eigenvalue weighted by molar-refractivity contribution is 7.99. The molecule has 0 aliphatic carbocycles. The fraction of sp³-hybridized carbons (Fsp3) is 0.0909. The van der Waals surface area contributed by atoms with Crippen LogP contribution in [0.1, 0.15) is 10.4 Å². The maximum atomic E-state index is 13.0. The van der Waals surface area contributed by atoms with Crippen LogP contribution in [0, 0.1) is 0 Å². The summed E-state index contributed by atoms with van der Waals surface area (Å²) in [6.07, 6.45) is 0. The van der Waals surface area contributed by atoms with Crippen molar-refractivity contribution in [2.75, 3.05) is 12.3 Å². The Morgan fingerprint density at radius 3 is 2.07 bits per heavy atom. The minimum absolute atomic E-state index is 0.382. The van der Waals surface area contributed by atoms with E-state index in [1.807, 2.05) is 72.8 Å². The molecule has 0 aliphatic rings. The first-order valence-corrected chi connectivity index (χ1v) is 9.67. The number of aromatic nitrogens is 1. The molecule has 0 amide bonds. The molecule has 0 unspecified atom stereocenters. The van der Waals surface area contributed by atoms with Gasteiger partial charge in [-0.15, -0.1) is 11.8 Å². The summed E-state index contributed by atoms with van der Waals surface area (Å²) < 4.78 is 5.68. The van der Waals surface area contributed by atoms with Crippen LogP contribution in [0.2, 0.25) is 0 Å². The van der Waals surface area contributed by atoms with Gasteiger partial charge >= 0.3 is 5.97 Å². The van der Waals surface area contributed by atoms with E-state index < -0.39 is 0 Å². The first-order valence-electron chi connectivity index (χ1n) is 8.69. The van der Waals surface area contributed by atoms with Gasteiger partial charge in [0.2, 0.25) is 0 Å². The summed E-state index contributed by atoms with van der Waals surface area (Å²) in [5, 5.41) is 1.58. The summed E-state index contributed by atoms with van der Waals surface area (Å²) in [4.78, 5) is 18.8. The first kappa shape index (κ1) is 17.5. The van der Waals surface area contributed by atoms with Crippen molar-refractivity contribution < 1.29 is 9.53 Å². The van der Waals surface area contributed by atoms with Crippen molar-refractivity contribution in [3.05, 3.63) is 78.4 Å². The molecule has 0 atom stereocenters. The van der Waals surface area contributed by atoms with Gasteiger partial charge in [-0.05, 0) is 36.4 Å². The lowest BCUT2D eigenvalue weighted by molar-refractivity contribution is 0.0738. The largest absolute Gasteiger partial charge is 0.423 e. The van der Waals surface area contributed by atoms with Gasteiger partial charge in [-0.1, -0.05) is 36.4 Å². The Balaban J connectivity index is 1.71. The minimum Gasteiger partial charge on any atom is -0.423 e. The van der Waals surface area contributed by atoms with Crippen LogP contribution in [0.5, 0.6) is 5.75 Å². The molecule has 4 aromatic rings. The lowest BCUT2D eigenvalue weighted by Gasteiger charge is -2.11. The van der Waals surface area contributed by atoms with Gasteiger partial charge in [0.25, 0.3) is 0 Å². The van der Waals surface area contributed by atoms with Crippen molar-refractivity contribution in [3.8, 4) is 5.75 Å². The van der Waals surface area contributed by atoms with Crippen LogP contribution in [0.25, 0.3) is 21.8 Å².